The summed E-state index contributed by atoms with van der Waals surface area (Å²) in [5.74, 6) is -4.13. The summed E-state index contributed by atoms with van der Waals surface area (Å²) >= 11 is 0. The first-order valence-electron chi connectivity index (χ1n) is 5.62. The number of rotatable bonds is 2. The average molecular weight is 313 g/mol. The van der Waals surface area contributed by atoms with Gasteiger partial charge in [0.15, 0.2) is 17.4 Å². The van der Waals surface area contributed by atoms with Crippen LogP contribution in [-0.2, 0) is 4.74 Å². The number of halogens is 5. The highest BCUT2D eigenvalue weighted by Gasteiger charge is 2.33. The first-order chi connectivity index (χ1) is 9.37. The van der Waals surface area contributed by atoms with E-state index in [1.807, 2.05) is 5.32 Å². The molecule has 0 aliphatic rings. The quantitative estimate of drug-likeness (QED) is 0.832. The lowest BCUT2D eigenvalue weighted by molar-refractivity contribution is -0.275. The number of carbonyl (C=O) groups is 1. The summed E-state index contributed by atoms with van der Waals surface area (Å²) in [6, 6.07) is 0.538. The van der Waals surface area contributed by atoms with Gasteiger partial charge < -0.3 is 9.47 Å². The summed E-state index contributed by atoms with van der Waals surface area (Å²) < 4.78 is 70.8. The van der Waals surface area contributed by atoms with Crippen LogP contribution in [0, 0.1) is 11.6 Å². The molecule has 1 aromatic carbocycles. The van der Waals surface area contributed by atoms with Crippen LogP contribution >= 0.6 is 0 Å². The van der Waals surface area contributed by atoms with E-state index in [2.05, 4.69) is 4.74 Å². The maximum Gasteiger partial charge on any atom is 0.573 e. The number of hydrogen-bond acceptors (Lipinski definition) is 3. The van der Waals surface area contributed by atoms with Crippen LogP contribution in [0.15, 0.2) is 12.1 Å². The van der Waals surface area contributed by atoms with E-state index in [0.29, 0.717) is 6.07 Å². The highest BCUT2D eigenvalue weighted by Crippen LogP contribution is 2.29. The third-order valence-corrected chi connectivity index (χ3v) is 1.88. The van der Waals surface area contributed by atoms with Gasteiger partial charge in [-0.15, -0.1) is 13.2 Å². The van der Waals surface area contributed by atoms with E-state index in [-0.39, 0.29) is 6.07 Å². The summed E-state index contributed by atoms with van der Waals surface area (Å²) in [6.45, 7) is 4.64. The Bertz CT molecular complexity index is 537. The van der Waals surface area contributed by atoms with Crippen LogP contribution in [0.3, 0.4) is 0 Å². The Morgan fingerprint density at radius 1 is 1.10 bits per heavy atom. The fraction of sp³-hybridized carbons (Fsp3) is 0.417. The van der Waals surface area contributed by atoms with E-state index < -0.39 is 41.1 Å². The van der Waals surface area contributed by atoms with Gasteiger partial charge in [0.2, 0.25) is 0 Å². The molecule has 0 heterocycles. The van der Waals surface area contributed by atoms with Crippen LogP contribution in [0.25, 0.3) is 0 Å². The van der Waals surface area contributed by atoms with Gasteiger partial charge in [-0.1, -0.05) is 0 Å². The van der Waals surface area contributed by atoms with Gasteiger partial charge in [-0.25, -0.2) is 13.6 Å². The van der Waals surface area contributed by atoms with Gasteiger partial charge in [0.05, 0.1) is 5.69 Å². The molecule has 9 heteroatoms. The Hall–Kier alpha value is -2.06. The Morgan fingerprint density at radius 2 is 1.67 bits per heavy atom. The van der Waals surface area contributed by atoms with Crippen molar-refractivity contribution in [3.05, 3.63) is 23.8 Å². The molecule has 4 nitrogen and oxygen atoms in total. The van der Waals surface area contributed by atoms with Gasteiger partial charge in [0.1, 0.15) is 5.60 Å². The molecule has 1 N–H and O–H groups in total. The number of alkyl halides is 3. The van der Waals surface area contributed by atoms with Crippen molar-refractivity contribution in [1.29, 1.82) is 0 Å². The summed E-state index contributed by atoms with van der Waals surface area (Å²) in [6.07, 6.45) is -6.24. The first kappa shape index (κ1) is 17.0. The molecule has 0 radical (unpaired) electrons. The van der Waals surface area contributed by atoms with Crippen LogP contribution in [0.1, 0.15) is 20.8 Å². The third kappa shape index (κ3) is 5.84. The number of carbonyl (C=O) groups excluding carboxylic acids is 1. The molecule has 0 aliphatic heterocycles. The summed E-state index contributed by atoms with van der Waals surface area (Å²) in [5.41, 5.74) is -1.55. The molecule has 21 heavy (non-hydrogen) atoms. The Labute approximate surface area is 116 Å². The molecule has 1 rings (SSSR count). The molecule has 0 fully saturated rings. The van der Waals surface area contributed by atoms with E-state index in [9.17, 15) is 26.7 Å². The predicted octanol–water partition coefficient (Wildman–Crippen LogP) is 4.21. The van der Waals surface area contributed by atoms with E-state index >= 15 is 0 Å². The van der Waals surface area contributed by atoms with Crippen molar-refractivity contribution < 1.29 is 36.2 Å². The largest absolute Gasteiger partial charge is 0.573 e. The molecule has 0 aromatic heterocycles. The van der Waals surface area contributed by atoms with E-state index in [1.54, 1.807) is 20.8 Å². The zero-order valence-corrected chi connectivity index (χ0v) is 11.3. The molecule has 0 saturated heterocycles. The first-order valence-corrected chi connectivity index (χ1v) is 5.62. The number of hydrogen-bond donors (Lipinski definition) is 1. The Balaban J connectivity index is 2.92. The minimum Gasteiger partial charge on any atom is -0.444 e. The molecule has 0 bridgehead atoms. The van der Waals surface area contributed by atoms with Crippen LogP contribution in [0.4, 0.5) is 32.4 Å². The summed E-state index contributed by atoms with van der Waals surface area (Å²) in [4.78, 5) is 11.4. The molecule has 0 aliphatic carbocycles. The van der Waals surface area contributed by atoms with Crippen molar-refractivity contribution in [2.75, 3.05) is 5.32 Å². The number of ether oxygens (including phenoxy) is 2. The number of benzene rings is 1. The average Bonchev–Trinajstić information content (AvgIpc) is 2.20. The van der Waals surface area contributed by atoms with E-state index in [4.69, 9.17) is 4.74 Å². The standard InChI is InChI=1S/C12H12F5NO3/c1-11(2,3)21-10(19)18-8-4-7(14)9(5-6(8)13)20-12(15,16)17/h4-5H,1-3H3,(H,18,19). The van der Waals surface area contributed by atoms with Crippen molar-refractivity contribution >= 4 is 11.8 Å². The highest BCUT2D eigenvalue weighted by molar-refractivity contribution is 5.85. The van der Waals surface area contributed by atoms with Gasteiger partial charge in [0, 0.05) is 12.1 Å². The molecule has 0 spiro atoms. The Kier molecular flexibility index (Phi) is 4.65. The van der Waals surface area contributed by atoms with E-state index in [1.165, 1.54) is 0 Å². The number of anilines is 1. The molecule has 0 atom stereocenters. The van der Waals surface area contributed by atoms with Crippen molar-refractivity contribution in [2.24, 2.45) is 0 Å². The van der Waals surface area contributed by atoms with Crippen molar-refractivity contribution in [3.63, 3.8) is 0 Å². The van der Waals surface area contributed by atoms with Crippen LogP contribution in [0.5, 0.6) is 5.75 Å². The second kappa shape index (κ2) is 5.74. The second-order valence-corrected chi connectivity index (χ2v) is 4.94. The topological polar surface area (TPSA) is 47.6 Å². The fourth-order valence-electron chi connectivity index (χ4n) is 1.24. The second-order valence-electron chi connectivity index (χ2n) is 4.94. The molecule has 1 aromatic rings. The molecule has 0 saturated carbocycles. The van der Waals surface area contributed by atoms with Crippen LogP contribution in [-0.4, -0.2) is 18.1 Å². The molecule has 118 valence electrons. The molecule has 1 amide bonds. The van der Waals surface area contributed by atoms with Crippen LogP contribution in [0.2, 0.25) is 0 Å². The van der Waals surface area contributed by atoms with Gasteiger partial charge in [0.25, 0.3) is 0 Å². The normalized spacial score (nSPS) is 12.0. The lowest BCUT2D eigenvalue weighted by atomic mass is 10.2. The number of amides is 1. The lowest BCUT2D eigenvalue weighted by Gasteiger charge is -2.20. The summed E-state index contributed by atoms with van der Waals surface area (Å²) in [7, 11) is 0. The van der Waals surface area contributed by atoms with Crippen molar-refractivity contribution in [3.8, 4) is 5.75 Å². The van der Waals surface area contributed by atoms with Crippen molar-refractivity contribution in [2.45, 2.75) is 32.7 Å². The maximum atomic E-state index is 13.5. The smallest absolute Gasteiger partial charge is 0.444 e. The monoisotopic (exact) mass is 313 g/mol. The molecule has 0 unspecified atom stereocenters. The zero-order valence-electron chi connectivity index (χ0n) is 11.3. The Morgan fingerprint density at radius 3 is 2.14 bits per heavy atom. The third-order valence-electron chi connectivity index (χ3n) is 1.88. The highest BCUT2D eigenvalue weighted by atomic mass is 19.4. The van der Waals surface area contributed by atoms with E-state index in [0.717, 1.165) is 0 Å². The predicted molar refractivity (Wildman–Crippen MR) is 62.9 cm³/mol. The van der Waals surface area contributed by atoms with Crippen molar-refractivity contribution in [1.82, 2.24) is 0 Å². The van der Waals surface area contributed by atoms with Gasteiger partial charge in [-0.3, -0.25) is 5.32 Å². The van der Waals surface area contributed by atoms with Crippen LogP contribution < -0.4 is 10.1 Å². The minimum atomic E-state index is -5.16. The molecular formula is C12H12F5NO3. The lowest BCUT2D eigenvalue weighted by Crippen LogP contribution is -2.27. The summed E-state index contributed by atoms with van der Waals surface area (Å²) in [5, 5.41) is 1.88. The zero-order chi connectivity index (χ0) is 16.4. The minimum absolute atomic E-state index is 0.176. The number of nitrogens with one attached hydrogen (secondary N) is 1. The van der Waals surface area contributed by atoms with Gasteiger partial charge in [-0.2, -0.15) is 0 Å². The molecular weight excluding hydrogens is 301 g/mol. The SMILES string of the molecule is CC(C)(C)OC(=O)Nc1cc(F)c(OC(F)(F)F)cc1F. The van der Waals surface area contributed by atoms with Gasteiger partial charge in [-0.05, 0) is 20.8 Å². The maximum absolute atomic E-state index is 13.5. The van der Waals surface area contributed by atoms with Gasteiger partial charge >= 0.3 is 12.5 Å². The fourth-order valence-corrected chi connectivity index (χ4v) is 1.24.